The lowest BCUT2D eigenvalue weighted by molar-refractivity contribution is 0.413. The first kappa shape index (κ1) is 19.9. The quantitative estimate of drug-likeness (QED) is 0.843. The topological polar surface area (TPSA) is 63.4 Å². The molecule has 0 saturated heterocycles. The molecule has 2 rings (SSSR count). The van der Waals surface area contributed by atoms with Crippen molar-refractivity contribution in [3.05, 3.63) is 64.7 Å². The molecule has 0 fully saturated rings. The van der Waals surface area contributed by atoms with Crippen molar-refractivity contribution in [3.8, 4) is 0 Å². The van der Waals surface area contributed by atoms with Crippen molar-refractivity contribution in [2.75, 3.05) is 13.1 Å². The molecule has 0 aliphatic carbocycles. The van der Waals surface area contributed by atoms with E-state index in [2.05, 4.69) is 0 Å². The van der Waals surface area contributed by atoms with Crippen LogP contribution in [0.15, 0.2) is 53.4 Å². The number of halogens is 2. The molecule has 0 atom stereocenters. The number of benzene rings is 2. The molecule has 7 heteroatoms. The number of sulfonamides is 1. The average molecular weight is 375 g/mol. The van der Waals surface area contributed by atoms with Crippen LogP contribution in [0, 0.1) is 6.92 Å². The van der Waals surface area contributed by atoms with E-state index in [0.29, 0.717) is 17.1 Å². The Morgan fingerprint density at radius 2 is 1.78 bits per heavy atom. The minimum absolute atomic E-state index is 0. The van der Waals surface area contributed by atoms with Gasteiger partial charge in [-0.05, 0) is 36.2 Å². The van der Waals surface area contributed by atoms with Crippen molar-refractivity contribution in [3.63, 3.8) is 0 Å². The van der Waals surface area contributed by atoms with Crippen LogP contribution in [0.2, 0.25) is 5.02 Å². The predicted octanol–water partition coefficient (Wildman–Crippen LogP) is 3.22. The fourth-order valence-electron chi connectivity index (χ4n) is 2.26. The lowest BCUT2D eigenvalue weighted by Gasteiger charge is -2.22. The number of hydrogen-bond acceptors (Lipinski definition) is 3. The summed E-state index contributed by atoms with van der Waals surface area (Å²) in [6, 6.07) is 14.2. The summed E-state index contributed by atoms with van der Waals surface area (Å²) in [6.07, 6.45) is 0. The third kappa shape index (κ3) is 4.93. The van der Waals surface area contributed by atoms with E-state index >= 15 is 0 Å². The largest absolute Gasteiger partial charge is 0.329 e. The minimum Gasteiger partial charge on any atom is -0.329 e. The fraction of sp³-hybridized carbons (Fsp3) is 0.250. The van der Waals surface area contributed by atoms with E-state index in [1.165, 1.54) is 4.31 Å². The second-order valence-electron chi connectivity index (χ2n) is 5.02. The van der Waals surface area contributed by atoms with Crippen LogP contribution in [-0.2, 0) is 16.6 Å². The number of aryl methyl sites for hydroxylation is 1. The summed E-state index contributed by atoms with van der Waals surface area (Å²) in [6.45, 7) is 2.56. The van der Waals surface area contributed by atoms with E-state index in [4.69, 9.17) is 17.3 Å². The van der Waals surface area contributed by atoms with Gasteiger partial charge in [0.1, 0.15) is 0 Å². The molecule has 23 heavy (non-hydrogen) atoms. The normalized spacial score (nSPS) is 11.3. The first-order chi connectivity index (χ1) is 10.4. The molecule has 2 aromatic rings. The molecule has 2 N–H and O–H groups in total. The van der Waals surface area contributed by atoms with E-state index in [0.717, 1.165) is 5.56 Å². The third-order valence-corrected chi connectivity index (χ3v) is 5.58. The van der Waals surface area contributed by atoms with Gasteiger partial charge in [0, 0.05) is 24.7 Å². The Bertz CT molecular complexity index is 737. The van der Waals surface area contributed by atoms with E-state index in [1.807, 2.05) is 30.3 Å². The van der Waals surface area contributed by atoms with Gasteiger partial charge in [0.15, 0.2) is 0 Å². The first-order valence-corrected chi connectivity index (χ1v) is 8.77. The van der Waals surface area contributed by atoms with Crippen molar-refractivity contribution in [1.82, 2.24) is 4.31 Å². The van der Waals surface area contributed by atoms with E-state index in [9.17, 15) is 8.42 Å². The molecule has 0 aromatic heterocycles. The van der Waals surface area contributed by atoms with Crippen LogP contribution in [0.1, 0.15) is 11.1 Å². The Labute approximate surface area is 148 Å². The smallest absolute Gasteiger partial charge is 0.243 e. The SMILES string of the molecule is Cc1cc(Cl)ccc1S(=O)(=O)N(CCN)Cc1ccccc1.Cl. The standard InChI is InChI=1S/C16H19ClN2O2S.ClH/c1-13-11-15(17)7-8-16(13)22(20,21)19(10-9-18)12-14-5-3-2-4-6-14;/h2-8,11H,9-10,12,18H2,1H3;1H. The zero-order valence-electron chi connectivity index (χ0n) is 12.8. The molecule has 0 unspecified atom stereocenters. The van der Waals surface area contributed by atoms with Crippen LogP contribution in [0.5, 0.6) is 0 Å². The van der Waals surface area contributed by atoms with Gasteiger partial charge in [-0.25, -0.2) is 8.42 Å². The zero-order valence-corrected chi connectivity index (χ0v) is 15.2. The molecule has 4 nitrogen and oxygen atoms in total. The highest BCUT2D eigenvalue weighted by Gasteiger charge is 2.25. The van der Waals surface area contributed by atoms with Crippen LogP contribution in [0.3, 0.4) is 0 Å². The van der Waals surface area contributed by atoms with Crippen LogP contribution < -0.4 is 5.73 Å². The Morgan fingerprint density at radius 1 is 1.13 bits per heavy atom. The third-order valence-electron chi connectivity index (χ3n) is 3.34. The Kier molecular flexibility index (Phi) is 7.51. The highest BCUT2D eigenvalue weighted by Crippen LogP contribution is 2.24. The van der Waals surface area contributed by atoms with Crippen molar-refractivity contribution in [2.24, 2.45) is 5.73 Å². The van der Waals surface area contributed by atoms with Crippen molar-refractivity contribution in [2.45, 2.75) is 18.4 Å². The Morgan fingerprint density at radius 3 is 2.35 bits per heavy atom. The second kappa shape index (κ2) is 8.66. The van der Waals surface area contributed by atoms with Gasteiger partial charge < -0.3 is 5.73 Å². The molecule has 0 heterocycles. The van der Waals surface area contributed by atoms with Gasteiger partial charge in [-0.3, -0.25) is 0 Å². The number of rotatable bonds is 6. The van der Waals surface area contributed by atoms with Gasteiger partial charge in [0.25, 0.3) is 0 Å². The van der Waals surface area contributed by atoms with Gasteiger partial charge >= 0.3 is 0 Å². The van der Waals surface area contributed by atoms with Gasteiger partial charge in [-0.1, -0.05) is 41.9 Å². The van der Waals surface area contributed by atoms with Crippen LogP contribution in [0.4, 0.5) is 0 Å². The van der Waals surface area contributed by atoms with Gasteiger partial charge in [0.2, 0.25) is 10.0 Å². The molecule has 126 valence electrons. The molecule has 0 spiro atoms. The average Bonchev–Trinajstić information content (AvgIpc) is 2.47. The van der Waals surface area contributed by atoms with Crippen LogP contribution in [-0.4, -0.2) is 25.8 Å². The second-order valence-corrected chi connectivity index (χ2v) is 7.37. The fourth-order valence-corrected chi connectivity index (χ4v) is 4.13. The highest BCUT2D eigenvalue weighted by molar-refractivity contribution is 7.89. The molecular weight excluding hydrogens is 355 g/mol. The number of hydrogen-bond donors (Lipinski definition) is 1. The Hall–Kier alpha value is -1.11. The summed E-state index contributed by atoms with van der Waals surface area (Å²) in [7, 11) is -3.61. The monoisotopic (exact) mass is 374 g/mol. The van der Waals surface area contributed by atoms with Gasteiger partial charge in [-0.15, -0.1) is 12.4 Å². The van der Waals surface area contributed by atoms with E-state index in [-0.39, 0.29) is 30.4 Å². The molecule has 2 aromatic carbocycles. The molecule has 0 radical (unpaired) electrons. The molecule has 0 bridgehead atoms. The molecular formula is C16H20Cl2N2O2S. The summed E-state index contributed by atoms with van der Waals surface area (Å²) in [5, 5.41) is 0.518. The maximum atomic E-state index is 12.9. The Balaban J connectivity index is 0.00000264. The molecule has 0 aliphatic rings. The lowest BCUT2D eigenvalue weighted by Crippen LogP contribution is -2.35. The van der Waals surface area contributed by atoms with Crippen molar-refractivity contribution in [1.29, 1.82) is 0 Å². The molecule has 0 saturated carbocycles. The van der Waals surface area contributed by atoms with Crippen molar-refractivity contribution < 1.29 is 8.42 Å². The number of nitrogens with two attached hydrogens (primary N) is 1. The van der Waals surface area contributed by atoms with Crippen LogP contribution >= 0.6 is 24.0 Å². The van der Waals surface area contributed by atoms with E-state index < -0.39 is 10.0 Å². The highest BCUT2D eigenvalue weighted by atomic mass is 35.5. The van der Waals surface area contributed by atoms with Gasteiger partial charge in [-0.2, -0.15) is 4.31 Å². The predicted molar refractivity (Wildman–Crippen MR) is 96.5 cm³/mol. The zero-order chi connectivity index (χ0) is 16.2. The van der Waals surface area contributed by atoms with Crippen LogP contribution in [0.25, 0.3) is 0 Å². The number of nitrogens with zero attached hydrogens (tertiary/aromatic N) is 1. The molecule has 0 aliphatic heterocycles. The molecule has 0 amide bonds. The summed E-state index contributed by atoms with van der Waals surface area (Å²) in [4.78, 5) is 0.265. The lowest BCUT2D eigenvalue weighted by atomic mass is 10.2. The summed E-state index contributed by atoms with van der Waals surface area (Å²) in [5.74, 6) is 0. The maximum absolute atomic E-state index is 12.9. The maximum Gasteiger partial charge on any atom is 0.243 e. The summed E-state index contributed by atoms with van der Waals surface area (Å²) < 4.78 is 27.2. The van der Waals surface area contributed by atoms with Gasteiger partial charge in [0.05, 0.1) is 4.90 Å². The summed E-state index contributed by atoms with van der Waals surface area (Å²) in [5.41, 5.74) is 7.14. The van der Waals surface area contributed by atoms with Crippen molar-refractivity contribution >= 4 is 34.0 Å². The van der Waals surface area contributed by atoms with E-state index in [1.54, 1.807) is 25.1 Å². The minimum atomic E-state index is -3.61. The summed E-state index contributed by atoms with van der Waals surface area (Å²) >= 11 is 5.91. The first-order valence-electron chi connectivity index (χ1n) is 6.95.